The van der Waals surface area contributed by atoms with Crippen molar-refractivity contribution in [2.75, 3.05) is 26.3 Å². The first-order valence-corrected chi connectivity index (χ1v) is 8.42. The second-order valence-corrected chi connectivity index (χ2v) is 6.32. The van der Waals surface area contributed by atoms with Crippen LogP contribution in [0.3, 0.4) is 0 Å². The molecule has 2 N–H and O–H groups in total. The standard InChI is InChI=1S/C17H25N3O3/c21-16(6-3-13-2-1-7-18-12-13)19-14-4-5-15(17(14)22)20-8-10-23-11-9-20/h1-2,7,12,14-15,17,22H,3-6,8-11H2,(H,19,21)/t14-,15-,17-/m1/s1. The van der Waals surface area contributed by atoms with E-state index in [1.165, 1.54) is 0 Å². The summed E-state index contributed by atoms with van der Waals surface area (Å²) in [6, 6.07) is 3.85. The van der Waals surface area contributed by atoms with E-state index in [4.69, 9.17) is 4.74 Å². The summed E-state index contributed by atoms with van der Waals surface area (Å²) < 4.78 is 5.36. The van der Waals surface area contributed by atoms with Crippen LogP contribution in [0.2, 0.25) is 0 Å². The second kappa shape index (κ2) is 7.86. The quantitative estimate of drug-likeness (QED) is 0.819. The van der Waals surface area contributed by atoms with Crippen molar-refractivity contribution in [2.24, 2.45) is 0 Å². The van der Waals surface area contributed by atoms with Crippen LogP contribution in [0.5, 0.6) is 0 Å². The molecule has 1 aromatic rings. The molecule has 0 radical (unpaired) electrons. The summed E-state index contributed by atoms with van der Waals surface area (Å²) in [5.74, 6) is 0.000491. The van der Waals surface area contributed by atoms with Crippen molar-refractivity contribution in [3.63, 3.8) is 0 Å². The molecule has 0 aromatic carbocycles. The minimum atomic E-state index is -0.490. The molecule has 2 fully saturated rings. The van der Waals surface area contributed by atoms with E-state index in [9.17, 15) is 9.90 Å². The number of aliphatic hydroxyl groups excluding tert-OH is 1. The number of nitrogens with zero attached hydrogens (tertiary/aromatic N) is 2. The fourth-order valence-electron chi connectivity index (χ4n) is 3.51. The minimum Gasteiger partial charge on any atom is -0.389 e. The zero-order valence-corrected chi connectivity index (χ0v) is 13.4. The minimum absolute atomic E-state index is 0.000491. The number of hydrogen-bond acceptors (Lipinski definition) is 5. The Bertz CT molecular complexity index is 505. The van der Waals surface area contributed by atoms with E-state index in [1.807, 2.05) is 12.1 Å². The molecule has 6 heteroatoms. The lowest BCUT2D eigenvalue weighted by Crippen LogP contribution is -2.51. The van der Waals surface area contributed by atoms with Crippen LogP contribution in [0, 0.1) is 0 Å². The van der Waals surface area contributed by atoms with Crippen LogP contribution in [-0.2, 0) is 16.0 Å². The molecule has 6 nitrogen and oxygen atoms in total. The first kappa shape index (κ1) is 16.4. The normalized spacial score (nSPS) is 28.7. The highest BCUT2D eigenvalue weighted by atomic mass is 16.5. The molecule has 1 aliphatic carbocycles. The highest BCUT2D eigenvalue weighted by Crippen LogP contribution is 2.25. The third-order valence-corrected chi connectivity index (χ3v) is 4.80. The number of nitrogens with one attached hydrogen (secondary N) is 1. The first-order valence-electron chi connectivity index (χ1n) is 8.42. The van der Waals surface area contributed by atoms with Crippen molar-refractivity contribution in [1.29, 1.82) is 0 Å². The van der Waals surface area contributed by atoms with Gasteiger partial charge in [0.1, 0.15) is 0 Å². The summed E-state index contributed by atoms with van der Waals surface area (Å²) in [5, 5.41) is 13.5. The number of hydrogen-bond donors (Lipinski definition) is 2. The van der Waals surface area contributed by atoms with Crippen molar-refractivity contribution in [2.45, 2.75) is 43.9 Å². The number of rotatable bonds is 5. The third kappa shape index (κ3) is 4.28. The maximum Gasteiger partial charge on any atom is 0.220 e. The molecule has 0 bridgehead atoms. The molecule has 1 amide bonds. The molecule has 1 saturated carbocycles. The zero-order valence-electron chi connectivity index (χ0n) is 13.4. The molecule has 0 spiro atoms. The van der Waals surface area contributed by atoms with Crippen molar-refractivity contribution in [1.82, 2.24) is 15.2 Å². The molecule has 1 aromatic heterocycles. The summed E-state index contributed by atoms with van der Waals surface area (Å²) in [6.07, 6.45) is 5.88. The summed E-state index contributed by atoms with van der Waals surface area (Å²) in [6.45, 7) is 3.18. The average molecular weight is 319 g/mol. The Morgan fingerprint density at radius 2 is 2.22 bits per heavy atom. The fraction of sp³-hybridized carbons (Fsp3) is 0.647. The van der Waals surface area contributed by atoms with E-state index < -0.39 is 6.10 Å². The van der Waals surface area contributed by atoms with Crippen molar-refractivity contribution in [3.8, 4) is 0 Å². The Morgan fingerprint density at radius 1 is 1.39 bits per heavy atom. The Morgan fingerprint density at radius 3 is 2.96 bits per heavy atom. The number of carbonyl (C=O) groups excluding carboxylic acids is 1. The van der Waals surface area contributed by atoms with Crippen LogP contribution in [0.4, 0.5) is 0 Å². The van der Waals surface area contributed by atoms with Gasteiger partial charge in [-0.25, -0.2) is 0 Å². The van der Waals surface area contributed by atoms with Gasteiger partial charge in [0.25, 0.3) is 0 Å². The van der Waals surface area contributed by atoms with Crippen LogP contribution < -0.4 is 5.32 Å². The van der Waals surface area contributed by atoms with E-state index >= 15 is 0 Å². The summed E-state index contributed by atoms with van der Waals surface area (Å²) in [5.41, 5.74) is 1.06. The van der Waals surface area contributed by atoms with Gasteiger partial charge in [0.05, 0.1) is 25.4 Å². The Balaban J connectivity index is 1.45. The number of aromatic nitrogens is 1. The molecule has 3 atom stereocenters. The lowest BCUT2D eigenvalue weighted by Gasteiger charge is -2.34. The second-order valence-electron chi connectivity index (χ2n) is 6.32. The number of amides is 1. The summed E-state index contributed by atoms with van der Waals surface area (Å²) in [7, 11) is 0. The van der Waals surface area contributed by atoms with Crippen LogP contribution in [0.25, 0.3) is 0 Å². The lowest BCUT2D eigenvalue weighted by molar-refractivity contribution is -0.122. The van der Waals surface area contributed by atoms with Gasteiger partial charge in [0, 0.05) is 37.9 Å². The molecule has 0 unspecified atom stereocenters. The highest BCUT2D eigenvalue weighted by Gasteiger charge is 2.39. The number of carbonyl (C=O) groups is 1. The van der Waals surface area contributed by atoms with Gasteiger partial charge in [0.2, 0.25) is 5.91 Å². The van der Waals surface area contributed by atoms with Gasteiger partial charge in [-0.15, -0.1) is 0 Å². The van der Waals surface area contributed by atoms with E-state index in [1.54, 1.807) is 12.4 Å². The predicted octanol–water partition coefficient (Wildman–Crippen LogP) is 0.355. The molecule has 3 rings (SSSR count). The maximum atomic E-state index is 12.1. The Kier molecular flexibility index (Phi) is 5.59. The smallest absolute Gasteiger partial charge is 0.220 e. The van der Waals surface area contributed by atoms with Crippen LogP contribution in [-0.4, -0.2) is 65.4 Å². The van der Waals surface area contributed by atoms with Gasteiger partial charge in [-0.2, -0.15) is 0 Å². The SMILES string of the molecule is O=C(CCc1cccnc1)N[C@@H]1CC[C@@H](N2CCOCC2)[C@@H]1O. The first-order chi connectivity index (χ1) is 11.2. The van der Waals surface area contributed by atoms with Gasteiger partial charge in [-0.05, 0) is 30.9 Å². The monoisotopic (exact) mass is 319 g/mol. The molecule has 1 aliphatic heterocycles. The number of aliphatic hydroxyl groups is 1. The van der Waals surface area contributed by atoms with Crippen molar-refractivity contribution < 1.29 is 14.6 Å². The molecular weight excluding hydrogens is 294 g/mol. The fourth-order valence-corrected chi connectivity index (χ4v) is 3.51. The van der Waals surface area contributed by atoms with Gasteiger partial charge in [0.15, 0.2) is 0 Å². The Labute approximate surface area is 136 Å². The molecule has 23 heavy (non-hydrogen) atoms. The van der Waals surface area contributed by atoms with E-state index in [0.717, 1.165) is 44.7 Å². The van der Waals surface area contributed by atoms with Gasteiger partial charge in [-0.1, -0.05) is 6.07 Å². The average Bonchev–Trinajstić information content (AvgIpc) is 2.95. The lowest BCUT2D eigenvalue weighted by atomic mass is 10.1. The number of pyridine rings is 1. The van der Waals surface area contributed by atoms with E-state index in [2.05, 4.69) is 15.2 Å². The maximum absolute atomic E-state index is 12.1. The Hall–Kier alpha value is -1.50. The number of ether oxygens (including phenoxy) is 1. The largest absolute Gasteiger partial charge is 0.389 e. The molecule has 2 heterocycles. The van der Waals surface area contributed by atoms with Crippen molar-refractivity contribution in [3.05, 3.63) is 30.1 Å². The zero-order chi connectivity index (χ0) is 16.1. The molecule has 2 aliphatic rings. The third-order valence-electron chi connectivity index (χ3n) is 4.80. The van der Waals surface area contributed by atoms with Crippen LogP contribution >= 0.6 is 0 Å². The summed E-state index contributed by atoms with van der Waals surface area (Å²) >= 11 is 0. The van der Waals surface area contributed by atoms with Crippen LogP contribution in [0.1, 0.15) is 24.8 Å². The van der Waals surface area contributed by atoms with E-state index in [0.29, 0.717) is 12.8 Å². The highest BCUT2D eigenvalue weighted by molar-refractivity contribution is 5.76. The molecule has 126 valence electrons. The van der Waals surface area contributed by atoms with Crippen LogP contribution in [0.15, 0.2) is 24.5 Å². The molecular formula is C17H25N3O3. The van der Waals surface area contributed by atoms with E-state index in [-0.39, 0.29) is 18.0 Å². The predicted molar refractivity (Wildman–Crippen MR) is 85.9 cm³/mol. The van der Waals surface area contributed by atoms with Crippen molar-refractivity contribution >= 4 is 5.91 Å². The molecule has 1 saturated heterocycles. The van der Waals surface area contributed by atoms with Gasteiger partial charge >= 0.3 is 0 Å². The number of aryl methyl sites for hydroxylation is 1. The topological polar surface area (TPSA) is 74.7 Å². The number of morpholine rings is 1. The van der Waals surface area contributed by atoms with Gasteiger partial charge < -0.3 is 15.2 Å². The summed E-state index contributed by atoms with van der Waals surface area (Å²) in [4.78, 5) is 18.5. The van der Waals surface area contributed by atoms with Gasteiger partial charge in [-0.3, -0.25) is 14.7 Å².